The maximum Gasteiger partial charge on any atom is 0.303 e. The number of aromatic amines is 1. The first-order valence-corrected chi connectivity index (χ1v) is 9.58. The molecule has 1 aliphatic heterocycles. The van der Waals surface area contributed by atoms with E-state index in [1.165, 1.54) is 13.8 Å². The lowest BCUT2D eigenvalue weighted by Gasteiger charge is -2.40. The van der Waals surface area contributed by atoms with Crippen LogP contribution in [0.3, 0.4) is 0 Å². The second-order valence-corrected chi connectivity index (χ2v) is 6.99. The van der Waals surface area contributed by atoms with Gasteiger partial charge in [-0.3, -0.25) is 19.4 Å². The molecule has 1 aromatic heterocycles. The molecule has 0 bridgehead atoms. The van der Waals surface area contributed by atoms with Crippen LogP contribution >= 0.6 is 0 Å². The Morgan fingerprint density at radius 2 is 1.81 bits per heavy atom. The number of carbonyl (C=O) groups is 2. The van der Waals surface area contributed by atoms with Crippen molar-refractivity contribution in [2.75, 3.05) is 21.8 Å². The number of carbonyl (C=O) groups excluding carboxylic acids is 2. The van der Waals surface area contributed by atoms with Crippen LogP contribution in [0.4, 0.5) is 23.1 Å². The monoisotopic (exact) mass is 431 g/mol. The summed E-state index contributed by atoms with van der Waals surface area (Å²) in [7, 11) is 0. The number of hydrogen-bond acceptors (Lipinski definition) is 11. The smallest absolute Gasteiger partial charge is 0.303 e. The standard InChI is InChI=1S/C19H25N7O5/c1-9(30-10(2)27)15(31-11(3)28)13-17(26-25-12-7-5-4-6-8-12)22-16-14(21-13)18(29)24-19(20)23-16/h4-9,13,15,17,21,25-26H,1-3H3,(H4,20,22,23,24,29)/t9-,13-,15+,17-/m1/s1. The average molecular weight is 431 g/mol. The molecule has 12 nitrogen and oxygen atoms in total. The van der Waals surface area contributed by atoms with Gasteiger partial charge >= 0.3 is 11.9 Å². The second-order valence-electron chi connectivity index (χ2n) is 6.99. The van der Waals surface area contributed by atoms with Crippen LogP contribution in [0.15, 0.2) is 35.1 Å². The number of aromatic nitrogens is 2. The van der Waals surface area contributed by atoms with Gasteiger partial charge in [-0.1, -0.05) is 18.2 Å². The molecule has 1 aliphatic rings. The highest BCUT2D eigenvalue weighted by atomic mass is 16.6. The van der Waals surface area contributed by atoms with Crippen molar-refractivity contribution < 1.29 is 19.1 Å². The lowest BCUT2D eigenvalue weighted by atomic mass is 10.0. The molecule has 0 unspecified atom stereocenters. The third-order valence-electron chi connectivity index (χ3n) is 4.52. The molecule has 2 aromatic rings. The maximum atomic E-state index is 12.4. The van der Waals surface area contributed by atoms with Gasteiger partial charge in [0.05, 0.1) is 0 Å². The van der Waals surface area contributed by atoms with Crippen molar-refractivity contribution in [1.29, 1.82) is 0 Å². The average Bonchev–Trinajstić information content (AvgIpc) is 2.70. The number of esters is 2. The first-order valence-electron chi connectivity index (χ1n) is 9.58. The first-order chi connectivity index (χ1) is 14.7. The van der Waals surface area contributed by atoms with Crippen LogP contribution in [0.5, 0.6) is 0 Å². The van der Waals surface area contributed by atoms with Gasteiger partial charge in [-0.25, -0.2) is 5.43 Å². The fourth-order valence-corrected chi connectivity index (χ4v) is 3.28. The van der Waals surface area contributed by atoms with Crippen molar-refractivity contribution >= 4 is 35.1 Å². The third-order valence-corrected chi connectivity index (χ3v) is 4.52. The number of anilines is 4. The zero-order chi connectivity index (χ0) is 22.5. The number of nitrogens with zero attached hydrogens (tertiary/aromatic N) is 1. The van der Waals surface area contributed by atoms with Crippen LogP contribution in [0.1, 0.15) is 20.8 Å². The zero-order valence-electron chi connectivity index (χ0n) is 17.3. The lowest BCUT2D eigenvalue weighted by Crippen LogP contribution is -2.62. The summed E-state index contributed by atoms with van der Waals surface area (Å²) in [5, 5.41) is 6.13. The van der Waals surface area contributed by atoms with Crippen molar-refractivity contribution in [3.8, 4) is 0 Å². The molecule has 7 N–H and O–H groups in total. The lowest BCUT2D eigenvalue weighted by molar-refractivity contribution is -0.165. The topological polar surface area (TPSA) is 172 Å². The van der Waals surface area contributed by atoms with Gasteiger partial charge < -0.3 is 31.3 Å². The Hall–Kier alpha value is -3.80. The number of nitrogen functional groups attached to an aromatic ring is 1. The number of hydrogen-bond donors (Lipinski definition) is 6. The van der Waals surface area contributed by atoms with Crippen molar-refractivity contribution in [1.82, 2.24) is 15.4 Å². The van der Waals surface area contributed by atoms with Crippen molar-refractivity contribution in [2.45, 2.75) is 45.2 Å². The van der Waals surface area contributed by atoms with E-state index in [2.05, 4.69) is 31.5 Å². The minimum Gasteiger partial charge on any atom is -0.459 e. The summed E-state index contributed by atoms with van der Waals surface area (Å²) < 4.78 is 10.7. The summed E-state index contributed by atoms with van der Waals surface area (Å²) in [6.07, 6.45) is -2.43. The van der Waals surface area contributed by atoms with Gasteiger partial charge in [0.15, 0.2) is 11.9 Å². The van der Waals surface area contributed by atoms with E-state index in [0.29, 0.717) is 0 Å². The number of benzene rings is 1. The van der Waals surface area contributed by atoms with E-state index in [9.17, 15) is 14.4 Å². The Labute approximate surface area is 177 Å². The largest absolute Gasteiger partial charge is 0.459 e. The van der Waals surface area contributed by atoms with Crippen LogP contribution in [0.2, 0.25) is 0 Å². The first kappa shape index (κ1) is 21.9. The minimum atomic E-state index is -0.950. The fraction of sp³-hybridized carbons (Fsp3) is 0.368. The van der Waals surface area contributed by atoms with Gasteiger partial charge in [0.2, 0.25) is 5.95 Å². The highest BCUT2D eigenvalue weighted by Gasteiger charge is 2.41. The molecule has 12 heteroatoms. The van der Waals surface area contributed by atoms with Gasteiger partial charge in [-0.15, -0.1) is 0 Å². The highest BCUT2D eigenvalue weighted by molar-refractivity contribution is 5.70. The SMILES string of the molecule is CC(=O)O[C@H]([C@H]1Nc2c(nc(N)[nH]c2=O)N[C@@H]1NNc1ccccc1)[C@@H](C)OC(C)=O. The van der Waals surface area contributed by atoms with E-state index in [1.54, 1.807) is 6.92 Å². The number of rotatable bonds is 7. The normalized spacial score (nSPS) is 19.1. The van der Waals surface area contributed by atoms with Gasteiger partial charge in [-0.05, 0) is 19.1 Å². The molecule has 3 rings (SSSR count). The van der Waals surface area contributed by atoms with Crippen molar-refractivity contribution in [3.05, 3.63) is 40.7 Å². The Morgan fingerprint density at radius 3 is 2.45 bits per heavy atom. The zero-order valence-corrected chi connectivity index (χ0v) is 17.3. The second kappa shape index (κ2) is 9.34. The van der Waals surface area contributed by atoms with E-state index < -0.39 is 41.9 Å². The molecule has 0 amide bonds. The maximum absolute atomic E-state index is 12.4. The van der Waals surface area contributed by atoms with Gasteiger partial charge in [0, 0.05) is 19.5 Å². The Kier molecular flexibility index (Phi) is 6.60. The van der Waals surface area contributed by atoms with E-state index in [1.807, 2.05) is 30.3 Å². The fourth-order valence-electron chi connectivity index (χ4n) is 3.28. The molecule has 166 valence electrons. The summed E-state index contributed by atoms with van der Waals surface area (Å²) in [5.74, 6) is -0.952. The van der Waals surface area contributed by atoms with E-state index in [0.717, 1.165) is 5.69 Å². The molecule has 0 fully saturated rings. The molecule has 0 saturated carbocycles. The van der Waals surface area contributed by atoms with Crippen LogP contribution in [-0.4, -0.2) is 46.3 Å². The molecule has 4 atom stereocenters. The van der Waals surface area contributed by atoms with E-state index >= 15 is 0 Å². The molecule has 0 aliphatic carbocycles. The number of nitrogens with two attached hydrogens (primary N) is 1. The number of H-pyrrole nitrogens is 1. The minimum absolute atomic E-state index is 0.0592. The summed E-state index contributed by atoms with van der Waals surface area (Å²) in [6, 6.07) is 8.54. The van der Waals surface area contributed by atoms with E-state index in [4.69, 9.17) is 15.2 Å². The van der Waals surface area contributed by atoms with Crippen LogP contribution in [-0.2, 0) is 19.1 Å². The molecule has 1 aromatic carbocycles. The molecule has 0 spiro atoms. The third kappa shape index (κ3) is 5.42. The number of hydrazine groups is 1. The van der Waals surface area contributed by atoms with Crippen LogP contribution in [0, 0.1) is 0 Å². The van der Waals surface area contributed by atoms with Crippen LogP contribution in [0.25, 0.3) is 0 Å². The summed E-state index contributed by atoms with van der Waals surface area (Å²) in [6.45, 7) is 4.10. The Balaban J connectivity index is 1.94. The molecule has 0 saturated heterocycles. The Morgan fingerprint density at radius 1 is 1.13 bits per heavy atom. The van der Waals surface area contributed by atoms with Crippen LogP contribution < -0.4 is 32.8 Å². The quantitative estimate of drug-likeness (QED) is 0.264. The number of ether oxygens (including phenoxy) is 2. The number of fused-ring (bicyclic) bond motifs is 1. The predicted octanol–water partition coefficient (Wildman–Crippen LogP) is 0.384. The predicted molar refractivity (Wildman–Crippen MR) is 114 cm³/mol. The molecule has 2 heterocycles. The molecular formula is C19H25N7O5. The van der Waals surface area contributed by atoms with Crippen molar-refractivity contribution in [2.24, 2.45) is 0 Å². The highest BCUT2D eigenvalue weighted by Crippen LogP contribution is 2.27. The van der Waals surface area contributed by atoms with E-state index in [-0.39, 0.29) is 17.5 Å². The summed E-state index contributed by atoms with van der Waals surface area (Å²) in [4.78, 5) is 42.2. The summed E-state index contributed by atoms with van der Waals surface area (Å²) in [5.41, 5.74) is 12.2. The molecular weight excluding hydrogens is 406 g/mol. The molecule has 31 heavy (non-hydrogen) atoms. The Bertz CT molecular complexity index is 997. The number of para-hydroxylation sites is 1. The van der Waals surface area contributed by atoms with Gasteiger partial charge in [0.1, 0.15) is 24.0 Å². The molecule has 0 radical (unpaired) electrons. The van der Waals surface area contributed by atoms with Crippen molar-refractivity contribution in [3.63, 3.8) is 0 Å². The van der Waals surface area contributed by atoms with Gasteiger partial charge in [0.25, 0.3) is 5.56 Å². The summed E-state index contributed by atoms with van der Waals surface area (Å²) >= 11 is 0. The number of nitrogens with one attached hydrogen (secondary N) is 5. The van der Waals surface area contributed by atoms with Gasteiger partial charge in [-0.2, -0.15) is 4.98 Å².